The minimum atomic E-state index is 0.0425. The van der Waals surface area contributed by atoms with Crippen molar-refractivity contribution in [2.75, 3.05) is 5.32 Å². The van der Waals surface area contributed by atoms with Crippen molar-refractivity contribution in [2.45, 2.75) is 31.7 Å². The van der Waals surface area contributed by atoms with Crippen molar-refractivity contribution in [1.82, 2.24) is 19.1 Å². The Labute approximate surface area is 154 Å². The molecule has 6 nitrogen and oxygen atoms in total. The average molecular weight is 365 g/mol. The lowest BCUT2D eigenvalue weighted by Crippen LogP contribution is -2.24. The Balaban J connectivity index is 1.63. The summed E-state index contributed by atoms with van der Waals surface area (Å²) in [6.45, 7) is 0. The van der Waals surface area contributed by atoms with Crippen molar-refractivity contribution in [1.29, 1.82) is 0 Å². The van der Waals surface area contributed by atoms with Gasteiger partial charge in [-0.1, -0.05) is 12.8 Å². The number of anilines is 2. The first-order chi connectivity index (χ1) is 12.7. The molecule has 1 aliphatic rings. The molecular weight excluding hydrogens is 346 g/mol. The van der Waals surface area contributed by atoms with E-state index in [-0.39, 0.29) is 5.69 Å². The van der Waals surface area contributed by atoms with Crippen molar-refractivity contribution in [2.24, 2.45) is 7.05 Å². The van der Waals surface area contributed by atoms with Gasteiger partial charge in [0.1, 0.15) is 5.52 Å². The first-order valence-electron chi connectivity index (χ1n) is 8.88. The van der Waals surface area contributed by atoms with Gasteiger partial charge in [-0.2, -0.15) is 0 Å². The monoisotopic (exact) mass is 365 g/mol. The number of aromatic nitrogens is 4. The van der Waals surface area contributed by atoms with Gasteiger partial charge < -0.3 is 5.32 Å². The van der Waals surface area contributed by atoms with Crippen LogP contribution in [0.5, 0.6) is 0 Å². The fourth-order valence-electron chi connectivity index (χ4n) is 4.01. The second-order valence-electron chi connectivity index (χ2n) is 6.84. The second kappa shape index (κ2) is 5.95. The summed E-state index contributed by atoms with van der Waals surface area (Å²) in [6, 6.07) is 8.31. The topological polar surface area (TPSA) is 64.7 Å². The second-order valence-corrected chi connectivity index (χ2v) is 7.72. The summed E-state index contributed by atoms with van der Waals surface area (Å²) in [4.78, 5) is 21.7. The normalized spacial score (nSPS) is 15.3. The molecule has 0 unspecified atom stereocenters. The summed E-state index contributed by atoms with van der Waals surface area (Å²) in [7, 11) is 1.83. The lowest BCUT2D eigenvalue weighted by atomic mass is 10.2. The summed E-state index contributed by atoms with van der Waals surface area (Å²) >= 11 is 1.61. The highest BCUT2D eigenvalue weighted by Crippen LogP contribution is 2.33. The van der Waals surface area contributed by atoms with Gasteiger partial charge >= 0.3 is 5.69 Å². The van der Waals surface area contributed by atoms with Gasteiger partial charge in [0.2, 0.25) is 0 Å². The molecule has 0 spiro atoms. The van der Waals surface area contributed by atoms with Crippen LogP contribution in [0.1, 0.15) is 31.7 Å². The standard InChI is InChI=1S/C19H19N5OS/c1-23-17-15(24(19(23)25)13-4-2-3-5-13)8-9-20-18(17)22-12-6-7-14-16(10-12)26-11-21-14/h6-11,13H,2-5H2,1H3,(H,20,22). The number of rotatable bonds is 3. The van der Waals surface area contributed by atoms with E-state index in [2.05, 4.69) is 21.4 Å². The molecule has 1 N–H and O–H groups in total. The molecule has 1 aliphatic carbocycles. The summed E-state index contributed by atoms with van der Waals surface area (Å²) in [5.74, 6) is 0.711. The molecule has 1 fully saturated rings. The highest BCUT2D eigenvalue weighted by atomic mass is 32.1. The van der Waals surface area contributed by atoms with E-state index >= 15 is 0 Å². The number of benzene rings is 1. The highest BCUT2D eigenvalue weighted by molar-refractivity contribution is 7.16. The van der Waals surface area contributed by atoms with Crippen LogP contribution >= 0.6 is 11.3 Å². The molecule has 3 aromatic heterocycles. The predicted molar refractivity (Wildman–Crippen MR) is 105 cm³/mol. The number of nitrogens with one attached hydrogen (secondary N) is 1. The Bertz CT molecular complexity index is 1170. The number of hydrogen-bond donors (Lipinski definition) is 1. The maximum Gasteiger partial charge on any atom is 0.329 e. The Morgan fingerprint density at radius 3 is 2.88 bits per heavy atom. The van der Waals surface area contributed by atoms with E-state index in [0.717, 1.165) is 39.8 Å². The molecule has 5 rings (SSSR count). The lowest BCUT2D eigenvalue weighted by molar-refractivity contribution is 0.509. The third-order valence-corrected chi connectivity index (χ3v) is 6.07. The molecule has 0 aliphatic heterocycles. The molecule has 0 amide bonds. The number of thiazole rings is 1. The van der Waals surface area contributed by atoms with Gasteiger partial charge in [0.05, 0.1) is 21.2 Å². The summed E-state index contributed by atoms with van der Waals surface area (Å²) in [5, 5.41) is 3.40. The first kappa shape index (κ1) is 15.6. The Kier molecular flexibility index (Phi) is 3.56. The van der Waals surface area contributed by atoms with Crippen LogP contribution in [0.15, 0.2) is 40.8 Å². The van der Waals surface area contributed by atoms with Crippen LogP contribution in [-0.2, 0) is 7.05 Å². The van der Waals surface area contributed by atoms with Crippen molar-refractivity contribution < 1.29 is 0 Å². The molecular formula is C19H19N5OS. The SMILES string of the molecule is Cn1c(=O)n(C2CCCC2)c2ccnc(Nc3ccc4ncsc4c3)c21. The fourth-order valence-corrected chi connectivity index (χ4v) is 4.72. The lowest BCUT2D eigenvalue weighted by Gasteiger charge is -2.11. The van der Waals surface area contributed by atoms with Crippen LogP contribution in [0.3, 0.4) is 0 Å². The van der Waals surface area contributed by atoms with E-state index in [1.54, 1.807) is 22.1 Å². The third kappa shape index (κ3) is 2.34. The molecule has 0 saturated heterocycles. The van der Waals surface area contributed by atoms with Crippen LogP contribution in [0.4, 0.5) is 11.5 Å². The smallest absolute Gasteiger partial charge is 0.329 e. The maximum atomic E-state index is 12.9. The summed E-state index contributed by atoms with van der Waals surface area (Å²) in [6.07, 6.45) is 6.32. The van der Waals surface area contributed by atoms with Crippen molar-refractivity contribution in [3.8, 4) is 0 Å². The van der Waals surface area contributed by atoms with Crippen molar-refractivity contribution in [3.05, 3.63) is 46.5 Å². The van der Waals surface area contributed by atoms with Gasteiger partial charge in [0.25, 0.3) is 0 Å². The Hall–Kier alpha value is -2.67. The number of imidazole rings is 1. The third-order valence-electron chi connectivity index (χ3n) is 5.27. The van der Waals surface area contributed by atoms with E-state index < -0.39 is 0 Å². The Morgan fingerprint density at radius 2 is 2.04 bits per heavy atom. The quantitative estimate of drug-likeness (QED) is 0.591. The fraction of sp³-hybridized carbons (Fsp3) is 0.316. The number of pyridine rings is 1. The zero-order valence-electron chi connectivity index (χ0n) is 14.5. The minimum Gasteiger partial charge on any atom is -0.338 e. The molecule has 4 aromatic rings. The predicted octanol–water partition coefficient (Wildman–Crippen LogP) is 4.20. The van der Waals surface area contributed by atoms with Crippen LogP contribution in [0.2, 0.25) is 0 Å². The highest BCUT2D eigenvalue weighted by Gasteiger charge is 2.24. The molecule has 0 atom stereocenters. The number of nitrogens with zero attached hydrogens (tertiary/aromatic N) is 4. The Morgan fingerprint density at radius 1 is 1.19 bits per heavy atom. The van der Waals surface area contributed by atoms with Gasteiger partial charge in [-0.25, -0.2) is 14.8 Å². The number of hydrogen-bond acceptors (Lipinski definition) is 5. The van der Waals surface area contributed by atoms with Crippen LogP contribution in [0.25, 0.3) is 21.3 Å². The van der Waals surface area contributed by atoms with E-state index in [1.165, 1.54) is 12.8 Å². The van der Waals surface area contributed by atoms with E-state index in [9.17, 15) is 4.79 Å². The largest absolute Gasteiger partial charge is 0.338 e. The van der Waals surface area contributed by atoms with Crippen LogP contribution in [-0.4, -0.2) is 19.1 Å². The zero-order chi connectivity index (χ0) is 17.7. The number of fused-ring (bicyclic) bond motifs is 2. The summed E-state index contributed by atoms with van der Waals surface area (Å²) < 4.78 is 4.80. The van der Waals surface area contributed by atoms with E-state index in [0.29, 0.717) is 11.9 Å². The molecule has 1 aromatic carbocycles. The van der Waals surface area contributed by atoms with E-state index in [1.807, 2.05) is 35.3 Å². The van der Waals surface area contributed by atoms with E-state index in [4.69, 9.17) is 0 Å². The zero-order valence-corrected chi connectivity index (χ0v) is 15.3. The molecule has 3 heterocycles. The van der Waals surface area contributed by atoms with Crippen molar-refractivity contribution in [3.63, 3.8) is 0 Å². The molecule has 26 heavy (non-hydrogen) atoms. The average Bonchev–Trinajstić information content (AvgIpc) is 3.36. The maximum absolute atomic E-state index is 12.9. The molecule has 0 bridgehead atoms. The molecule has 0 radical (unpaired) electrons. The van der Waals surface area contributed by atoms with Crippen LogP contribution in [0, 0.1) is 0 Å². The van der Waals surface area contributed by atoms with Gasteiger partial charge in [-0.05, 0) is 37.1 Å². The summed E-state index contributed by atoms with van der Waals surface area (Å²) in [5.41, 5.74) is 5.64. The first-order valence-corrected chi connectivity index (χ1v) is 9.76. The molecule has 132 valence electrons. The molecule has 1 saturated carbocycles. The van der Waals surface area contributed by atoms with Gasteiger partial charge in [-0.15, -0.1) is 11.3 Å². The number of aryl methyl sites for hydroxylation is 1. The minimum absolute atomic E-state index is 0.0425. The molecule has 7 heteroatoms. The van der Waals surface area contributed by atoms with Gasteiger partial charge in [0, 0.05) is 25.0 Å². The van der Waals surface area contributed by atoms with Gasteiger partial charge in [0.15, 0.2) is 5.82 Å². The van der Waals surface area contributed by atoms with Crippen LogP contribution < -0.4 is 11.0 Å². The van der Waals surface area contributed by atoms with Crippen molar-refractivity contribution >= 4 is 44.1 Å². The van der Waals surface area contributed by atoms with Gasteiger partial charge in [-0.3, -0.25) is 9.13 Å².